The van der Waals surface area contributed by atoms with Crippen molar-refractivity contribution in [1.29, 1.82) is 0 Å². The molecule has 35 heavy (non-hydrogen) atoms. The first kappa shape index (κ1) is 25.0. The summed E-state index contributed by atoms with van der Waals surface area (Å²) in [5.41, 5.74) is 5.14. The Kier molecular flexibility index (Phi) is 7.05. The molecule has 0 bridgehead atoms. The minimum atomic E-state index is -3.83. The number of halogens is 2. The Morgan fingerprint density at radius 3 is 2.00 bits per heavy atom. The molecule has 0 amide bonds. The number of hydrogen-bond acceptors (Lipinski definition) is 4. The van der Waals surface area contributed by atoms with Gasteiger partial charge in [-0.15, -0.1) is 0 Å². The second-order valence-electron chi connectivity index (χ2n) is 7.86. The molecule has 1 heterocycles. The number of primary sulfonamides is 1. The first-order valence-electron chi connectivity index (χ1n) is 10.7. The summed E-state index contributed by atoms with van der Waals surface area (Å²) in [6, 6.07) is 21.0. The third-order valence-corrected chi connectivity index (χ3v) is 6.91. The van der Waals surface area contributed by atoms with Crippen LogP contribution in [0.2, 0.25) is 10.0 Å². The summed E-state index contributed by atoms with van der Waals surface area (Å²) in [6.07, 6.45) is 0. The average molecular weight is 529 g/mol. The summed E-state index contributed by atoms with van der Waals surface area (Å²) in [5.74, 6) is -0.434. The fourth-order valence-corrected chi connectivity index (χ4v) is 4.95. The second kappa shape index (κ2) is 9.87. The van der Waals surface area contributed by atoms with Gasteiger partial charge in [-0.05, 0) is 79.1 Å². The van der Waals surface area contributed by atoms with E-state index in [9.17, 15) is 13.2 Å². The maximum atomic E-state index is 12.6. The number of sulfonamides is 1. The zero-order valence-corrected chi connectivity index (χ0v) is 21.3. The summed E-state index contributed by atoms with van der Waals surface area (Å²) < 4.78 is 30.5. The van der Waals surface area contributed by atoms with Crippen LogP contribution in [-0.4, -0.2) is 25.6 Å². The Hall–Kier alpha value is -3.10. The number of nitrogens with zero attached hydrogens (tertiary/aromatic N) is 1. The van der Waals surface area contributed by atoms with Gasteiger partial charge in [0, 0.05) is 21.4 Å². The highest BCUT2D eigenvalue weighted by atomic mass is 35.5. The van der Waals surface area contributed by atoms with Crippen molar-refractivity contribution >= 4 is 39.2 Å². The third-order valence-electron chi connectivity index (χ3n) is 5.54. The number of carbonyl (C=O) groups is 1. The van der Waals surface area contributed by atoms with Gasteiger partial charge in [0.1, 0.15) is 0 Å². The zero-order valence-electron chi connectivity index (χ0n) is 19.0. The van der Waals surface area contributed by atoms with E-state index in [-0.39, 0.29) is 11.5 Å². The number of nitrogens with two attached hydrogens (primary N) is 1. The summed E-state index contributed by atoms with van der Waals surface area (Å²) in [5, 5.41) is 6.33. The van der Waals surface area contributed by atoms with Gasteiger partial charge in [-0.1, -0.05) is 47.5 Å². The van der Waals surface area contributed by atoms with Crippen LogP contribution in [0.5, 0.6) is 0 Å². The number of hydrogen-bond donors (Lipinski definition) is 1. The molecule has 0 unspecified atom stereocenters. The largest absolute Gasteiger partial charge is 0.462 e. The molecule has 0 aliphatic heterocycles. The van der Waals surface area contributed by atoms with Crippen LogP contribution in [0.1, 0.15) is 23.0 Å². The van der Waals surface area contributed by atoms with Gasteiger partial charge >= 0.3 is 5.97 Å². The summed E-state index contributed by atoms with van der Waals surface area (Å²) >= 11 is 12.3. The van der Waals surface area contributed by atoms with Crippen LogP contribution in [0, 0.1) is 6.92 Å². The summed E-state index contributed by atoms with van der Waals surface area (Å²) in [6.45, 7) is 3.81. The van der Waals surface area contributed by atoms with Crippen molar-refractivity contribution in [3.05, 3.63) is 94.1 Å². The van der Waals surface area contributed by atoms with Crippen molar-refractivity contribution in [2.45, 2.75) is 18.7 Å². The molecule has 0 radical (unpaired) electrons. The van der Waals surface area contributed by atoms with Crippen molar-refractivity contribution in [1.82, 2.24) is 4.57 Å². The molecule has 0 spiro atoms. The van der Waals surface area contributed by atoms with Gasteiger partial charge in [-0.2, -0.15) is 0 Å². The summed E-state index contributed by atoms with van der Waals surface area (Å²) in [4.78, 5) is 12.6. The SMILES string of the molecule is CCOC(=O)c1cc(-c2ccc(-c3cc(Cl)cc(Cl)c3)cc2)n(-c2ccc(S(N)(=O)=O)cc2)c1C. The van der Waals surface area contributed by atoms with Gasteiger partial charge in [0.2, 0.25) is 10.0 Å². The molecule has 180 valence electrons. The van der Waals surface area contributed by atoms with Gasteiger partial charge in [0.15, 0.2) is 0 Å². The normalized spacial score (nSPS) is 11.5. The van der Waals surface area contributed by atoms with Gasteiger partial charge in [0.25, 0.3) is 0 Å². The number of benzene rings is 3. The quantitative estimate of drug-likeness (QED) is 0.299. The van der Waals surface area contributed by atoms with Crippen LogP contribution in [0.25, 0.3) is 28.1 Å². The van der Waals surface area contributed by atoms with Crippen molar-refractivity contribution < 1.29 is 17.9 Å². The van der Waals surface area contributed by atoms with E-state index >= 15 is 0 Å². The van der Waals surface area contributed by atoms with Crippen LogP contribution in [0.3, 0.4) is 0 Å². The van der Waals surface area contributed by atoms with Crippen molar-refractivity contribution in [3.8, 4) is 28.1 Å². The average Bonchev–Trinajstić information content (AvgIpc) is 3.15. The molecule has 3 aromatic carbocycles. The minimum Gasteiger partial charge on any atom is -0.462 e. The molecule has 1 aromatic heterocycles. The fraction of sp³-hybridized carbons (Fsp3) is 0.115. The molecule has 6 nitrogen and oxygen atoms in total. The van der Waals surface area contributed by atoms with Gasteiger partial charge in [-0.3, -0.25) is 0 Å². The lowest BCUT2D eigenvalue weighted by Gasteiger charge is -2.13. The van der Waals surface area contributed by atoms with Gasteiger partial charge < -0.3 is 9.30 Å². The van der Waals surface area contributed by atoms with E-state index in [1.807, 2.05) is 47.9 Å². The number of carbonyl (C=O) groups excluding carboxylic acids is 1. The van der Waals surface area contributed by atoms with E-state index in [1.165, 1.54) is 12.1 Å². The predicted molar refractivity (Wildman–Crippen MR) is 139 cm³/mol. The van der Waals surface area contributed by atoms with E-state index in [1.54, 1.807) is 31.2 Å². The van der Waals surface area contributed by atoms with Crippen LogP contribution < -0.4 is 5.14 Å². The maximum Gasteiger partial charge on any atom is 0.339 e. The number of aromatic nitrogens is 1. The highest BCUT2D eigenvalue weighted by Crippen LogP contribution is 2.33. The smallest absolute Gasteiger partial charge is 0.339 e. The molecule has 0 atom stereocenters. The van der Waals surface area contributed by atoms with Crippen molar-refractivity contribution in [3.63, 3.8) is 0 Å². The Morgan fingerprint density at radius 2 is 1.46 bits per heavy atom. The van der Waals surface area contributed by atoms with Crippen LogP contribution in [0.15, 0.2) is 77.7 Å². The fourth-order valence-electron chi connectivity index (χ4n) is 3.91. The maximum absolute atomic E-state index is 12.6. The molecule has 0 fully saturated rings. The number of esters is 1. The first-order chi connectivity index (χ1) is 16.6. The Morgan fingerprint density at radius 1 is 0.886 bits per heavy atom. The topological polar surface area (TPSA) is 91.4 Å². The van der Waals surface area contributed by atoms with E-state index < -0.39 is 16.0 Å². The van der Waals surface area contributed by atoms with Crippen molar-refractivity contribution in [2.24, 2.45) is 5.14 Å². The highest BCUT2D eigenvalue weighted by molar-refractivity contribution is 7.89. The highest BCUT2D eigenvalue weighted by Gasteiger charge is 2.21. The molecular formula is C26H22Cl2N2O4S. The Labute approximate surface area is 213 Å². The van der Waals surface area contributed by atoms with E-state index in [4.69, 9.17) is 33.1 Å². The molecule has 0 aliphatic rings. The molecule has 0 saturated heterocycles. The lowest BCUT2D eigenvalue weighted by molar-refractivity contribution is 0.0525. The minimum absolute atomic E-state index is 0.00256. The molecule has 4 rings (SSSR count). The molecule has 2 N–H and O–H groups in total. The second-order valence-corrected chi connectivity index (χ2v) is 10.3. The monoisotopic (exact) mass is 528 g/mol. The van der Waals surface area contributed by atoms with Gasteiger partial charge in [0.05, 0.1) is 22.8 Å². The van der Waals surface area contributed by atoms with Crippen molar-refractivity contribution in [2.75, 3.05) is 6.61 Å². The lowest BCUT2D eigenvalue weighted by atomic mass is 10.0. The number of rotatable bonds is 6. The lowest BCUT2D eigenvalue weighted by Crippen LogP contribution is -2.12. The van der Waals surface area contributed by atoms with Gasteiger partial charge in [-0.25, -0.2) is 18.4 Å². The Balaban J connectivity index is 1.83. The van der Waals surface area contributed by atoms with Crippen LogP contribution in [0.4, 0.5) is 0 Å². The molecular weight excluding hydrogens is 507 g/mol. The molecule has 9 heteroatoms. The van der Waals surface area contributed by atoms with E-state index in [0.29, 0.717) is 27.0 Å². The molecule has 4 aromatic rings. The predicted octanol–water partition coefficient (Wildman–Crippen LogP) is 6.25. The number of ether oxygens (including phenoxy) is 1. The van der Waals surface area contributed by atoms with E-state index in [0.717, 1.165) is 22.4 Å². The zero-order chi connectivity index (χ0) is 25.3. The summed E-state index contributed by atoms with van der Waals surface area (Å²) in [7, 11) is -3.83. The first-order valence-corrected chi connectivity index (χ1v) is 13.0. The van der Waals surface area contributed by atoms with Crippen LogP contribution >= 0.6 is 23.2 Å². The standard InChI is InChI=1S/C26H22Cl2N2O4S/c1-3-34-26(31)24-15-25(30(16(24)2)22-8-10-23(11-9-22)35(29,32)33)18-6-4-17(5-7-18)19-12-20(27)14-21(28)13-19/h4-15H,3H2,1-2H3,(H2,29,32,33). The van der Waals surface area contributed by atoms with Crippen LogP contribution in [-0.2, 0) is 14.8 Å². The van der Waals surface area contributed by atoms with E-state index in [2.05, 4.69) is 0 Å². The third kappa shape index (κ3) is 5.28. The Bertz CT molecular complexity index is 1490. The molecule has 0 saturated carbocycles. The molecule has 0 aliphatic carbocycles.